The van der Waals surface area contributed by atoms with Crippen LogP contribution in [0.4, 0.5) is 0 Å². The van der Waals surface area contributed by atoms with Crippen molar-refractivity contribution < 1.29 is 14.7 Å². The van der Waals surface area contributed by atoms with E-state index in [1.165, 1.54) is 19.3 Å². The molecule has 0 bridgehead atoms. The summed E-state index contributed by atoms with van der Waals surface area (Å²) in [4.78, 5) is 24.8. The van der Waals surface area contributed by atoms with E-state index in [2.05, 4.69) is 10.2 Å². The Balaban J connectivity index is 1.69. The van der Waals surface area contributed by atoms with Crippen molar-refractivity contribution in [1.82, 2.24) is 10.2 Å². The zero-order valence-electron chi connectivity index (χ0n) is 10.9. The van der Waals surface area contributed by atoms with E-state index in [4.69, 9.17) is 5.11 Å². The highest BCUT2D eigenvalue weighted by Crippen LogP contribution is 2.38. The van der Waals surface area contributed by atoms with Gasteiger partial charge in [0, 0.05) is 12.6 Å². The molecular weight excluding hydrogens is 232 g/mol. The third-order valence-electron chi connectivity index (χ3n) is 3.81. The first-order chi connectivity index (χ1) is 8.58. The molecule has 2 rings (SSSR count). The van der Waals surface area contributed by atoms with Crippen molar-refractivity contribution in [2.24, 2.45) is 11.8 Å². The second kappa shape index (κ2) is 5.69. The molecule has 18 heavy (non-hydrogen) atoms. The van der Waals surface area contributed by atoms with Gasteiger partial charge in [-0.3, -0.25) is 9.59 Å². The van der Waals surface area contributed by atoms with E-state index in [0.717, 1.165) is 19.6 Å². The van der Waals surface area contributed by atoms with Crippen LogP contribution in [0.25, 0.3) is 0 Å². The minimum absolute atomic E-state index is 0.0908. The molecule has 2 aliphatic rings. The van der Waals surface area contributed by atoms with Crippen LogP contribution in [-0.2, 0) is 9.59 Å². The van der Waals surface area contributed by atoms with Crippen LogP contribution in [0.3, 0.4) is 0 Å². The maximum atomic E-state index is 11.8. The van der Waals surface area contributed by atoms with Crippen LogP contribution >= 0.6 is 0 Å². The van der Waals surface area contributed by atoms with E-state index in [0.29, 0.717) is 6.42 Å². The highest BCUT2D eigenvalue weighted by Gasteiger charge is 2.48. The normalized spacial score (nSPS) is 29.6. The molecule has 1 saturated carbocycles. The average Bonchev–Trinajstić information content (AvgIpc) is 3.09. The van der Waals surface area contributed by atoms with Gasteiger partial charge in [-0.2, -0.15) is 0 Å². The molecular formula is C13H22N2O3. The summed E-state index contributed by atoms with van der Waals surface area (Å²) in [6, 6.07) is 0.102. The summed E-state index contributed by atoms with van der Waals surface area (Å²) < 4.78 is 0. The summed E-state index contributed by atoms with van der Waals surface area (Å²) in [5.41, 5.74) is 0. The van der Waals surface area contributed by atoms with E-state index in [1.807, 2.05) is 6.92 Å². The maximum Gasteiger partial charge on any atom is 0.307 e. The van der Waals surface area contributed by atoms with Crippen LogP contribution in [0, 0.1) is 11.8 Å². The van der Waals surface area contributed by atoms with Crippen molar-refractivity contribution >= 4 is 11.9 Å². The molecule has 3 unspecified atom stereocenters. The van der Waals surface area contributed by atoms with Gasteiger partial charge in [-0.1, -0.05) is 6.42 Å². The van der Waals surface area contributed by atoms with Gasteiger partial charge in [-0.25, -0.2) is 0 Å². The number of hydrogen-bond donors (Lipinski definition) is 2. The van der Waals surface area contributed by atoms with E-state index in [1.54, 1.807) is 0 Å². The van der Waals surface area contributed by atoms with Crippen molar-refractivity contribution in [3.8, 4) is 0 Å². The largest absolute Gasteiger partial charge is 0.481 e. The lowest BCUT2D eigenvalue weighted by Gasteiger charge is -2.29. The van der Waals surface area contributed by atoms with Crippen molar-refractivity contribution in [2.45, 2.75) is 38.6 Å². The number of piperidine rings is 1. The summed E-state index contributed by atoms with van der Waals surface area (Å²) in [6.07, 6.45) is 4.28. The molecule has 0 aromatic heterocycles. The Morgan fingerprint density at radius 1 is 1.28 bits per heavy atom. The number of carboxylic acid groups (broad SMARTS) is 1. The van der Waals surface area contributed by atoms with Gasteiger partial charge in [0.15, 0.2) is 0 Å². The molecule has 2 N–H and O–H groups in total. The van der Waals surface area contributed by atoms with Gasteiger partial charge in [-0.05, 0) is 39.3 Å². The van der Waals surface area contributed by atoms with Crippen LogP contribution in [0.5, 0.6) is 0 Å². The van der Waals surface area contributed by atoms with Crippen molar-refractivity contribution in [2.75, 3.05) is 19.6 Å². The Morgan fingerprint density at radius 3 is 2.50 bits per heavy atom. The lowest BCUT2D eigenvalue weighted by molar-refractivity contribution is -0.140. The Kier molecular flexibility index (Phi) is 4.22. The fourth-order valence-electron chi connectivity index (χ4n) is 2.68. The second-order valence-electron chi connectivity index (χ2n) is 5.56. The van der Waals surface area contributed by atoms with Gasteiger partial charge in [0.25, 0.3) is 0 Å². The van der Waals surface area contributed by atoms with Gasteiger partial charge in [0.05, 0.1) is 11.8 Å². The third kappa shape index (κ3) is 3.45. The molecule has 0 aromatic rings. The molecule has 2 fully saturated rings. The number of carbonyl (C=O) groups is 2. The maximum absolute atomic E-state index is 11.8. The molecule has 1 heterocycles. The molecule has 102 valence electrons. The average molecular weight is 254 g/mol. The fourth-order valence-corrected chi connectivity index (χ4v) is 2.68. The zero-order chi connectivity index (χ0) is 13.1. The number of aliphatic carboxylic acids is 1. The first-order valence-electron chi connectivity index (χ1n) is 6.83. The van der Waals surface area contributed by atoms with Crippen molar-refractivity contribution in [1.29, 1.82) is 0 Å². The number of likely N-dealkylation sites (tertiary alicyclic amines) is 1. The molecule has 1 aliphatic heterocycles. The summed E-state index contributed by atoms with van der Waals surface area (Å²) in [5, 5.41) is 11.7. The van der Waals surface area contributed by atoms with Gasteiger partial charge in [0.2, 0.25) is 5.91 Å². The Morgan fingerprint density at radius 2 is 1.94 bits per heavy atom. The van der Waals surface area contributed by atoms with Crippen LogP contribution in [0.15, 0.2) is 0 Å². The fraction of sp³-hybridized carbons (Fsp3) is 0.846. The Hall–Kier alpha value is -1.10. The molecule has 1 saturated heterocycles. The molecule has 3 atom stereocenters. The molecule has 1 aliphatic carbocycles. The minimum Gasteiger partial charge on any atom is -0.481 e. The third-order valence-corrected chi connectivity index (χ3v) is 3.81. The Labute approximate surface area is 108 Å². The summed E-state index contributed by atoms with van der Waals surface area (Å²) in [5.74, 6) is -1.69. The number of rotatable bonds is 5. The SMILES string of the molecule is CC(CN1CCCCC1)NC(=O)C1CC1C(=O)O. The highest BCUT2D eigenvalue weighted by molar-refractivity contribution is 5.89. The Bertz CT molecular complexity index is 326. The lowest BCUT2D eigenvalue weighted by atomic mass is 10.1. The first-order valence-corrected chi connectivity index (χ1v) is 6.83. The van der Waals surface area contributed by atoms with Gasteiger partial charge < -0.3 is 15.3 Å². The quantitative estimate of drug-likeness (QED) is 0.757. The van der Waals surface area contributed by atoms with Gasteiger partial charge in [0.1, 0.15) is 0 Å². The topological polar surface area (TPSA) is 69.6 Å². The van der Waals surface area contributed by atoms with E-state index < -0.39 is 11.9 Å². The standard InChI is InChI=1S/C13H22N2O3/c1-9(8-15-5-3-2-4-6-15)14-12(16)10-7-11(10)13(17)18/h9-11H,2-8H2,1H3,(H,14,16)(H,17,18). The van der Waals surface area contributed by atoms with Gasteiger partial charge in [-0.15, -0.1) is 0 Å². The molecule has 1 amide bonds. The van der Waals surface area contributed by atoms with E-state index in [-0.39, 0.29) is 17.9 Å². The number of carboxylic acids is 1. The predicted molar refractivity (Wildman–Crippen MR) is 67.1 cm³/mol. The molecule has 0 radical (unpaired) electrons. The molecule has 0 aromatic carbocycles. The van der Waals surface area contributed by atoms with Crippen LogP contribution < -0.4 is 5.32 Å². The number of amides is 1. The second-order valence-corrected chi connectivity index (χ2v) is 5.56. The molecule has 5 heteroatoms. The summed E-state index contributed by atoms with van der Waals surface area (Å²) >= 11 is 0. The number of nitrogens with zero attached hydrogens (tertiary/aromatic N) is 1. The number of nitrogens with one attached hydrogen (secondary N) is 1. The van der Waals surface area contributed by atoms with Crippen LogP contribution in [0.2, 0.25) is 0 Å². The molecule has 0 spiro atoms. The number of carbonyl (C=O) groups excluding carboxylic acids is 1. The van der Waals surface area contributed by atoms with Crippen molar-refractivity contribution in [3.05, 3.63) is 0 Å². The zero-order valence-corrected chi connectivity index (χ0v) is 10.9. The highest BCUT2D eigenvalue weighted by atomic mass is 16.4. The van der Waals surface area contributed by atoms with E-state index in [9.17, 15) is 9.59 Å². The first kappa shape index (κ1) is 13.3. The van der Waals surface area contributed by atoms with Gasteiger partial charge >= 0.3 is 5.97 Å². The lowest BCUT2D eigenvalue weighted by Crippen LogP contribution is -2.44. The van der Waals surface area contributed by atoms with E-state index >= 15 is 0 Å². The minimum atomic E-state index is -0.848. The van der Waals surface area contributed by atoms with Crippen LogP contribution in [-0.4, -0.2) is 47.6 Å². The smallest absolute Gasteiger partial charge is 0.307 e. The summed E-state index contributed by atoms with van der Waals surface area (Å²) in [6.45, 7) is 5.09. The monoisotopic (exact) mass is 254 g/mol. The van der Waals surface area contributed by atoms with Crippen LogP contribution in [0.1, 0.15) is 32.6 Å². The number of hydrogen-bond acceptors (Lipinski definition) is 3. The predicted octanol–water partition coefficient (Wildman–Crippen LogP) is 0.698. The van der Waals surface area contributed by atoms with Crippen molar-refractivity contribution in [3.63, 3.8) is 0 Å². The summed E-state index contributed by atoms with van der Waals surface area (Å²) in [7, 11) is 0. The molecule has 5 nitrogen and oxygen atoms in total.